The Labute approximate surface area is 102 Å². The molecule has 2 bridgehead atoms. The van der Waals surface area contributed by atoms with Crippen LogP contribution >= 0.6 is 0 Å². The molecule has 2 heterocycles. The normalized spacial score (nSPS) is 36.7. The molecule has 4 atom stereocenters. The number of hydrogen-bond donors (Lipinski definition) is 2. The van der Waals surface area contributed by atoms with Crippen molar-refractivity contribution in [3.8, 4) is 0 Å². The number of nitrogens with one attached hydrogen (secondary N) is 1. The van der Waals surface area contributed by atoms with Crippen LogP contribution in [0.25, 0.3) is 0 Å². The SMILES string of the molecule is CC(C)(C)OC(=O)N[C@H]1C[C@@H]2O[C@H]1CC[C@H]2N. The van der Waals surface area contributed by atoms with Gasteiger partial charge < -0.3 is 20.5 Å². The van der Waals surface area contributed by atoms with E-state index in [0.29, 0.717) is 0 Å². The Morgan fingerprint density at radius 2 is 2.06 bits per heavy atom. The third kappa shape index (κ3) is 3.10. The summed E-state index contributed by atoms with van der Waals surface area (Å²) in [6.07, 6.45) is 2.51. The number of nitrogens with two attached hydrogens (primary N) is 1. The van der Waals surface area contributed by atoms with Gasteiger partial charge in [-0.15, -0.1) is 0 Å². The van der Waals surface area contributed by atoms with Crippen LogP contribution in [0.2, 0.25) is 0 Å². The average molecular weight is 242 g/mol. The number of amides is 1. The predicted molar refractivity (Wildman–Crippen MR) is 63.6 cm³/mol. The maximum atomic E-state index is 11.7. The highest BCUT2D eigenvalue weighted by atomic mass is 16.6. The number of carbonyl (C=O) groups is 1. The minimum Gasteiger partial charge on any atom is -0.444 e. The Balaban J connectivity index is 1.86. The van der Waals surface area contributed by atoms with Gasteiger partial charge in [-0.25, -0.2) is 4.79 Å². The molecular formula is C12H22N2O3. The van der Waals surface area contributed by atoms with Crippen molar-refractivity contribution in [2.45, 2.75) is 69.9 Å². The van der Waals surface area contributed by atoms with E-state index in [-0.39, 0.29) is 30.4 Å². The maximum absolute atomic E-state index is 11.7. The van der Waals surface area contributed by atoms with Gasteiger partial charge in [-0.05, 0) is 40.0 Å². The van der Waals surface area contributed by atoms with Crippen LogP contribution < -0.4 is 11.1 Å². The van der Waals surface area contributed by atoms with Crippen molar-refractivity contribution in [2.75, 3.05) is 0 Å². The zero-order valence-corrected chi connectivity index (χ0v) is 10.7. The summed E-state index contributed by atoms with van der Waals surface area (Å²) in [7, 11) is 0. The number of carbonyl (C=O) groups excluding carboxylic acids is 1. The molecule has 2 saturated heterocycles. The second-order valence-corrected chi connectivity index (χ2v) is 5.94. The minimum atomic E-state index is -0.463. The van der Waals surface area contributed by atoms with Crippen molar-refractivity contribution in [3.63, 3.8) is 0 Å². The fraction of sp³-hybridized carbons (Fsp3) is 0.917. The van der Waals surface area contributed by atoms with Gasteiger partial charge >= 0.3 is 6.09 Å². The third-order valence-electron chi connectivity index (χ3n) is 3.25. The van der Waals surface area contributed by atoms with Gasteiger partial charge in [0.2, 0.25) is 0 Å². The molecule has 1 amide bonds. The summed E-state index contributed by atoms with van der Waals surface area (Å²) in [4.78, 5) is 11.7. The van der Waals surface area contributed by atoms with Crippen LogP contribution in [0.1, 0.15) is 40.0 Å². The molecule has 2 aliphatic heterocycles. The standard InChI is InChI=1S/C12H22N2O3/c1-12(2,3)17-11(15)14-8-6-10-7(13)4-5-9(8)16-10/h7-10H,4-6,13H2,1-3H3,(H,14,15)/t7-,8+,9+,10+/m1/s1. The van der Waals surface area contributed by atoms with E-state index in [1.807, 2.05) is 20.8 Å². The Bertz CT molecular complexity index is 301. The molecule has 2 rings (SSSR count). The summed E-state index contributed by atoms with van der Waals surface area (Å²) in [5, 5.41) is 2.89. The number of hydrogen-bond acceptors (Lipinski definition) is 4. The van der Waals surface area contributed by atoms with E-state index < -0.39 is 5.60 Å². The third-order valence-corrected chi connectivity index (χ3v) is 3.25. The van der Waals surface area contributed by atoms with Gasteiger partial charge in [0, 0.05) is 6.04 Å². The van der Waals surface area contributed by atoms with E-state index >= 15 is 0 Å². The van der Waals surface area contributed by atoms with E-state index in [9.17, 15) is 4.79 Å². The lowest BCUT2D eigenvalue weighted by molar-refractivity contribution is -0.0133. The highest BCUT2D eigenvalue weighted by Crippen LogP contribution is 2.32. The first-order valence-electron chi connectivity index (χ1n) is 6.26. The van der Waals surface area contributed by atoms with Crippen molar-refractivity contribution in [1.82, 2.24) is 5.32 Å². The fourth-order valence-electron chi connectivity index (χ4n) is 2.48. The smallest absolute Gasteiger partial charge is 0.407 e. The van der Waals surface area contributed by atoms with Crippen molar-refractivity contribution in [2.24, 2.45) is 5.73 Å². The average Bonchev–Trinajstić information content (AvgIpc) is 2.48. The van der Waals surface area contributed by atoms with Crippen LogP contribution in [0, 0.1) is 0 Å². The summed E-state index contributed by atoms with van der Waals surface area (Å²) in [5.41, 5.74) is 5.48. The lowest BCUT2D eigenvalue weighted by atomic mass is 10.1. The fourth-order valence-corrected chi connectivity index (χ4v) is 2.48. The zero-order chi connectivity index (χ0) is 12.6. The highest BCUT2D eigenvalue weighted by molar-refractivity contribution is 5.68. The Hall–Kier alpha value is -0.810. The lowest BCUT2D eigenvalue weighted by Crippen LogP contribution is -2.43. The molecule has 5 heteroatoms. The largest absolute Gasteiger partial charge is 0.444 e. The van der Waals surface area contributed by atoms with Gasteiger partial charge in [-0.1, -0.05) is 0 Å². The molecule has 0 unspecified atom stereocenters. The second-order valence-electron chi connectivity index (χ2n) is 5.94. The van der Waals surface area contributed by atoms with Crippen LogP contribution in [0.5, 0.6) is 0 Å². The number of fused-ring (bicyclic) bond motifs is 2. The summed E-state index contributed by atoms with van der Waals surface area (Å²) in [5.74, 6) is 0. The Kier molecular flexibility index (Phi) is 3.32. The maximum Gasteiger partial charge on any atom is 0.407 e. The van der Waals surface area contributed by atoms with E-state index in [0.717, 1.165) is 19.3 Å². The van der Waals surface area contributed by atoms with Gasteiger partial charge in [0.05, 0.1) is 18.2 Å². The molecule has 5 nitrogen and oxygen atoms in total. The quantitative estimate of drug-likeness (QED) is 0.723. The Morgan fingerprint density at radius 3 is 2.65 bits per heavy atom. The van der Waals surface area contributed by atoms with Gasteiger partial charge in [-0.3, -0.25) is 0 Å². The summed E-state index contributed by atoms with van der Waals surface area (Å²) >= 11 is 0. The lowest BCUT2D eigenvalue weighted by Gasteiger charge is -2.27. The molecule has 17 heavy (non-hydrogen) atoms. The molecule has 0 radical (unpaired) electrons. The van der Waals surface area contributed by atoms with Crippen molar-refractivity contribution >= 4 is 6.09 Å². The molecule has 0 saturated carbocycles. The van der Waals surface area contributed by atoms with Crippen LogP contribution in [-0.2, 0) is 9.47 Å². The van der Waals surface area contributed by atoms with Crippen LogP contribution in [0.15, 0.2) is 0 Å². The topological polar surface area (TPSA) is 73.6 Å². The zero-order valence-electron chi connectivity index (χ0n) is 10.7. The summed E-state index contributed by atoms with van der Waals surface area (Å²) < 4.78 is 11.0. The molecule has 0 aliphatic carbocycles. The van der Waals surface area contributed by atoms with Gasteiger partial charge in [0.1, 0.15) is 5.60 Å². The number of ether oxygens (including phenoxy) is 2. The van der Waals surface area contributed by atoms with Crippen molar-refractivity contribution in [1.29, 1.82) is 0 Å². The van der Waals surface area contributed by atoms with Crippen LogP contribution in [0.4, 0.5) is 4.79 Å². The van der Waals surface area contributed by atoms with E-state index in [1.165, 1.54) is 0 Å². The van der Waals surface area contributed by atoms with E-state index in [2.05, 4.69) is 5.32 Å². The molecule has 2 fully saturated rings. The monoisotopic (exact) mass is 242 g/mol. The molecule has 0 aromatic rings. The summed E-state index contributed by atoms with van der Waals surface area (Å²) in [6, 6.07) is 0.153. The predicted octanol–water partition coefficient (Wildman–Crippen LogP) is 1.16. The molecule has 98 valence electrons. The first-order chi connectivity index (χ1) is 7.85. The van der Waals surface area contributed by atoms with Crippen molar-refractivity contribution in [3.05, 3.63) is 0 Å². The first-order valence-corrected chi connectivity index (χ1v) is 6.26. The molecule has 2 aliphatic rings. The molecule has 0 aromatic carbocycles. The summed E-state index contributed by atoms with van der Waals surface area (Å²) in [6.45, 7) is 5.56. The Morgan fingerprint density at radius 1 is 1.35 bits per heavy atom. The molecule has 0 spiro atoms. The molecular weight excluding hydrogens is 220 g/mol. The second kappa shape index (κ2) is 4.46. The van der Waals surface area contributed by atoms with E-state index in [1.54, 1.807) is 0 Å². The minimum absolute atomic E-state index is 0.0448. The van der Waals surface area contributed by atoms with Gasteiger partial charge in [0.25, 0.3) is 0 Å². The van der Waals surface area contributed by atoms with Crippen molar-refractivity contribution < 1.29 is 14.3 Å². The van der Waals surface area contributed by atoms with Gasteiger partial charge in [0.15, 0.2) is 0 Å². The van der Waals surface area contributed by atoms with Crippen LogP contribution in [0.3, 0.4) is 0 Å². The number of rotatable bonds is 1. The highest BCUT2D eigenvalue weighted by Gasteiger charge is 2.42. The first kappa shape index (κ1) is 12.6. The molecule has 0 aromatic heterocycles. The van der Waals surface area contributed by atoms with E-state index in [4.69, 9.17) is 15.2 Å². The molecule has 3 N–H and O–H groups in total. The van der Waals surface area contributed by atoms with Crippen LogP contribution in [-0.4, -0.2) is 36.0 Å². The number of alkyl carbamates (subject to hydrolysis) is 1. The van der Waals surface area contributed by atoms with Gasteiger partial charge in [-0.2, -0.15) is 0 Å².